The van der Waals surface area contributed by atoms with Crippen LogP contribution in [0.1, 0.15) is 20.3 Å². The van der Waals surface area contributed by atoms with Gasteiger partial charge in [-0.25, -0.2) is 0 Å². The molecule has 0 aromatic carbocycles. The molecule has 0 saturated heterocycles. The van der Waals surface area contributed by atoms with E-state index < -0.39 is 11.5 Å². The van der Waals surface area contributed by atoms with Crippen molar-refractivity contribution >= 4 is 11.8 Å². The molecule has 1 heterocycles. The first-order chi connectivity index (χ1) is 7.43. The molecule has 1 rings (SSSR count). The molecule has 0 saturated carbocycles. The maximum Gasteiger partial charge on any atom is 0.305 e. The highest BCUT2D eigenvalue weighted by Crippen LogP contribution is 2.17. The number of aliphatic carboxylic acids is 1. The molecule has 0 radical (unpaired) electrons. The number of hydrogen-bond acceptors (Lipinski definition) is 5. The van der Waals surface area contributed by atoms with Gasteiger partial charge < -0.3 is 15.2 Å². The minimum Gasteiger partial charge on any atom is -0.481 e. The zero-order chi connectivity index (χ0) is 12.2. The summed E-state index contributed by atoms with van der Waals surface area (Å²) in [5.41, 5.74) is -0.590. The van der Waals surface area contributed by atoms with Gasteiger partial charge in [-0.05, 0) is 13.8 Å². The van der Waals surface area contributed by atoms with E-state index >= 15 is 0 Å². The number of carbonyl (C=O) groups is 1. The molecule has 0 unspecified atom stereocenters. The topological polar surface area (TPSA) is 84.3 Å². The second-order valence-electron chi connectivity index (χ2n) is 4.03. The Labute approximate surface area is 93.7 Å². The quantitative estimate of drug-likeness (QED) is 0.782. The van der Waals surface area contributed by atoms with Crippen LogP contribution in [0.5, 0.6) is 5.88 Å². The zero-order valence-electron chi connectivity index (χ0n) is 9.52. The van der Waals surface area contributed by atoms with Crippen LogP contribution in [0.25, 0.3) is 0 Å². The molecule has 0 bridgehead atoms. The van der Waals surface area contributed by atoms with Gasteiger partial charge in [0, 0.05) is 5.54 Å². The third kappa shape index (κ3) is 3.72. The van der Waals surface area contributed by atoms with E-state index in [9.17, 15) is 4.79 Å². The van der Waals surface area contributed by atoms with Crippen LogP contribution >= 0.6 is 0 Å². The van der Waals surface area contributed by atoms with Crippen molar-refractivity contribution in [1.82, 2.24) is 9.97 Å². The van der Waals surface area contributed by atoms with Crippen molar-refractivity contribution in [2.75, 3.05) is 12.4 Å². The summed E-state index contributed by atoms with van der Waals surface area (Å²) in [6.45, 7) is 3.56. The SMILES string of the molecule is COc1cncc(NC(C)(C)CC(=O)O)n1. The number of ether oxygens (including phenoxy) is 1. The lowest BCUT2D eigenvalue weighted by Gasteiger charge is -2.24. The summed E-state index contributed by atoms with van der Waals surface area (Å²) in [5.74, 6) is 0.00933. The molecule has 2 N–H and O–H groups in total. The molecule has 1 aromatic rings. The average Bonchev–Trinajstić information content (AvgIpc) is 2.15. The number of carboxylic acids is 1. The summed E-state index contributed by atoms with van der Waals surface area (Å²) in [6, 6.07) is 0. The summed E-state index contributed by atoms with van der Waals surface area (Å²) >= 11 is 0. The highest BCUT2D eigenvalue weighted by atomic mass is 16.5. The number of methoxy groups -OCH3 is 1. The number of aromatic nitrogens is 2. The molecule has 0 fully saturated rings. The first-order valence-corrected chi connectivity index (χ1v) is 4.79. The number of rotatable bonds is 5. The van der Waals surface area contributed by atoms with E-state index in [0.717, 1.165) is 0 Å². The average molecular weight is 225 g/mol. The van der Waals surface area contributed by atoms with E-state index in [0.29, 0.717) is 11.7 Å². The van der Waals surface area contributed by atoms with Crippen molar-refractivity contribution in [1.29, 1.82) is 0 Å². The zero-order valence-corrected chi connectivity index (χ0v) is 9.52. The van der Waals surface area contributed by atoms with Crippen LogP contribution in [0, 0.1) is 0 Å². The maximum atomic E-state index is 10.6. The van der Waals surface area contributed by atoms with Crippen LogP contribution in [0.3, 0.4) is 0 Å². The summed E-state index contributed by atoms with van der Waals surface area (Å²) in [6.07, 6.45) is 2.99. The Bertz CT molecular complexity index is 379. The van der Waals surface area contributed by atoms with Gasteiger partial charge in [-0.2, -0.15) is 4.98 Å². The Morgan fingerprint density at radius 3 is 2.81 bits per heavy atom. The predicted molar refractivity (Wildman–Crippen MR) is 58.5 cm³/mol. The maximum absolute atomic E-state index is 10.6. The highest BCUT2D eigenvalue weighted by Gasteiger charge is 2.22. The lowest BCUT2D eigenvalue weighted by molar-refractivity contribution is -0.137. The van der Waals surface area contributed by atoms with Crippen molar-refractivity contribution in [3.8, 4) is 5.88 Å². The van der Waals surface area contributed by atoms with Crippen molar-refractivity contribution < 1.29 is 14.6 Å². The minimum atomic E-state index is -0.867. The van der Waals surface area contributed by atoms with E-state index in [1.54, 1.807) is 13.8 Å². The molecule has 0 atom stereocenters. The lowest BCUT2D eigenvalue weighted by atomic mass is 10.0. The molecule has 0 aliphatic heterocycles. The Hall–Kier alpha value is -1.85. The normalized spacial score (nSPS) is 10.9. The van der Waals surface area contributed by atoms with Gasteiger partial charge in [-0.3, -0.25) is 9.78 Å². The molecule has 6 nitrogen and oxygen atoms in total. The fraction of sp³-hybridized carbons (Fsp3) is 0.500. The third-order valence-electron chi connectivity index (χ3n) is 1.88. The van der Waals surface area contributed by atoms with Crippen molar-refractivity contribution in [3.05, 3.63) is 12.4 Å². The van der Waals surface area contributed by atoms with Crippen LogP contribution in [-0.4, -0.2) is 33.7 Å². The van der Waals surface area contributed by atoms with Gasteiger partial charge in [-0.15, -0.1) is 0 Å². The number of anilines is 1. The van der Waals surface area contributed by atoms with Gasteiger partial charge in [0.15, 0.2) is 0 Å². The minimum absolute atomic E-state index is 0.00805. The number of nitrogens with zero attached hydrogens (tertiary/aromatic N) is 2. The second kappa shape index (κ2) is 4.78. The van der Waals surface area contributed by atoms with Gasteiger partial charge in [0.1, 0.15) is 5.82 Å². The van der Waals surface area contributed by atoms with E-state index in [2.05, 4.69) is 15.3 Å². The van der Waals surface area contributed by atoms with Gasteiger partial charge in [-0.1, -0.05) is 0 Å². The summed E-state index contributed by atoms with van der Waals surface area (Å²) < 4.78 is 4.92. The van der Waals surface area contributed by atoms with Gasteiger partial charge >= 0.3 is 5.97 Å². The van der Waals surface area contributed by atoms with Gasteiger partial charge in [0.05, 0.1) is 25.9 Å². The van der Waals surface area contributed by atoms with E-state index in [-0.39, 0.29) is 6.42 Å². The van der Waals surface area contributed by atoms with Crippen LogP contribution in [0.15, 0.2) is 12.4 Å². The fourth-order valence-electron chi connectivity index (χ4n) is 1.28. The summed E-state index contributed by atoms with van der Waals surface area (Å²) in [7, 11) is 1.50. The monoisotopic (exact) mass is 225 g/mol. The highest BCUT2D eigenvalue weighted by molar-refractivity contribution is 5.69. The van der Waals surface area contributed by atoms with Gasteiger partial charge in [0.25, 0.3) is 0 Å². The molecular weight excluding hydrogens is 210 g/mol. The number of hydrogen-bond donors (Lipinski definition) is 2. The van der Waals surface area contributed by atoms with Crippen LogP contribution in [0.2, 0.25) is 0 Å². The van der Waals surface area contributed by atoms with Crippen LogP contribution in [0.4, 0.5) is 5.82 Å². The molecule has 0 spiro atoms. The Kier molecular flexibility index (Phi) is 3.65. The smallest absolute Gasteiger partial charge is 0.305 e. The van der Waals surface area contributed by atoms with Crippen LogP contribution in [-0.2, 0) is 4.79 Å². The predicted octanol–water partition coefficient (Wildman–Crippen LogP) is 1.15. The second-order valence-corrected chi connectivity index (χ2v) is 4.03. The molecule has 1 aromatic heterocycles. The first-order valence-electron chi connectivity index (χ1n) is 4.79. The molecule has 0 aliphatic carbocycles. The number of nitrogens with one attached hydrogen (secondary N) is 1. The third-order valence-corrected chi connectivity index (χ3v) is 1.88. The Morgan fingerprint density at radius 2 is 2.25 bits per heavy atom. The molecule has 0 amide bonds. The lowest BCUT2D eigenvalue weighted by Crippen LogP contribution is -2.34. The molecule has 88 valence electrons. The summed E-state index contributed by atoms with van der Waals surface area (Å²) in [4.78, 5) is 18.6. The van der Waals surface area contributed by atoms with Crippen molar-refractivity contribution in [2.24, 2.45) is 0 Å². The number of carboxylic acid groups (broad SMARTS) is 1. The molecule has 0 aliphatic rings. The van der Waals surface area contributed by atoms with E-state index in [1.807, 2.05) is 0 Å². The molecule has 16 heavy (non-hydrogen) atoms. The first kappa shape index (κ1) is 12.2. The van der Waals surface area contributed by atoms with Crippen molar-refractivity contribution in [3.63, 3.8) is 0 Å². The largest absolute Gasteiger partial charge is 0.481 e. The summed E-state index contributed by atoms with van der Waals surface area (Å²) in [5, 5.41) is 11.7. The van der Waals surface area contributed by atoms with Crippen LogP contribution < -0.4 is 10.1 Å². The Balaban J connectivity index is 2.75. The van der Waals surface area contributed by atoms with Gasteiger partial charge in [0.2, 0.25) is 5.88 Å². The Morgan fingerprint density at radius 1 is 1.56 bits per heavy atom. The van der Waals surface area contributed by atoms with E-state index in [1.165, 1.54) is 19.5 Å². The van der Waals surface area contributed by atoms with E-state index in [4.69, 9.17) is 9.84 Å². The molecule has 6 heteroatoms. The fourth-order valence-corrected chi connectivity index (χ4v) is 1.28. The molecular formula is C10H15N3O3. The standard InChI is InChI=1S/C10H15N3O3/c1-10(2,4-9(14)15)13-7-5-11-6-8(12-7)16-3/h5-6H,4H2,1-3H3,(H,12,13)(H,14,15). The van der Waals surface area contributed by atoms with Crippen molar-refractivity contribution in [2.45, 2.75) is 25.8 Å².